The van der Waals surface area contributed by atoms with Gasteiger partial charge in [-0.25, -0.2) is 13.8 Å². The molecule has 0 aromatic carbocycles. The van der Waals surface area contributed by atoms with Gasteiger partial charge in [0.25, 0.3) is 5.92 Å². The fourth-order valence-corrected chi connectivity index (χ4v) is 2.43. The molecule has 1 fully saturated rings. The molecule has 1 aromatic rings. The van der Waals surface area contributed by atoms with Crippen molar-refractivity contribution in [2.75, 3.05) is 25.0 Å². The predicted molar refractivity (Wildman–Crippen MR) is 74.9 cm³/mol. The molecule has 1 saturated heterocycles. The van der Waals surface area contributed by atoms with E-state index in [2.05, 4.69) is 15.3 Å². The van der Waals surface area contributed by atoms with Crippen molar-refractivity contribution in [1.29, 1.82) is 0 Å². The van der Waals surface area contributed by atoms with Crippen LogP contribution >= 0.6 is 0 Å². The Morgan fingerprint density at radius 1 is 1.40 bits per heavy atom. The van der Waals surface area contributed by atoms with Crippen molar-refractivity contribution < 1.29 is 8.78 Å². The van der Waals surface area contributed by atoms with E-state index >= 15 is 0 Å². The second kappa shape index (κ2) is 5.60. The van der Waals surface area contributed by atoms with Crippen LogP contribution < -0.4 is 5.32 Å². The van der Waals surface area contributed by atoms with Gasteiger partial charge in [0.05, 0.1) is 12.7 Å². The van der Waals surface area contributed by atoms with Crippen LogP contribution in [0, 0.1) is 5.92 Å². The lowest BCUT2D eigenvalue weighted by atomic mass is 9.89. The second-order valence-electron chi connectivity index (χ2n) is 6.31. The van der Waals surface area contributed by atoms with Gasteiger partial charge in [0.15, 0.2) is 0 Å². The number of anilines is 1. The van der Waals surface area contributed by atoms with Crippen molar-refractivity contribution in [3.05, 3.63) is 18.6 Å². The van der Waals surface area contributed by atoms with Crippen LogP contribution in [-0.4, -0.2) is 46.0 Å². The maximum Gasteiger partial charge on any atom is 0.265 e. The molecule has 1 aromatic heterocycles. The summed E-state index contributed by atoms with van der Waals surface area (Å²) in [6.07, 6.45) is 5.13. The monoisotopic (exact) mass is 284 g/mol. The van der Waals surface area contributed by atoms with Gasteiger partial charge in [-0.2, -0.15) is 0 Å². The number of piperidine rings is 1. The van der Waals surface area contributed by atoms with Crippen LogP contribution in [0.15, 0.2) is 18.6 Å². The summed E-state index contributed by atoms with van der Waals surface area (Å²) < 4.78 is 28.5. The maximum atomic E-state index is 14.2. The summed E-state index contributed by atoms with van der Waals surface area (Å²) in [7, 11) is 0. The molecule has 1 atom stereocenters. The molecule has 0 aliphatic carbocycles. The van der Waals surface area contributed by atoms with Crippen molar-refractivity contribution in [2.45, 2.75) is 38.7 Å². The highest BCUT2D eigenvalue weighted by molar-refractivity contribution is 5.29. The van der Waals surface area contributed by atoms with Crippen molar-refractivity contribution in [2.24, 2.45) is 5.92 Å². The number of nitrogens with one attached hydrogen (secondary N) is 1. The normalized spacial score (nSPS) is 23.6. The van der Waals surface area contributed by atoms with Crippen molar-refractivity contribution >= 4 is 5.82 Å². The van der Waals surface area contributed by atoms with Gasteiger partial charge < -0.3 is 5.32 Å². The Labute approximate surface area is 118 Å². The number of aromatic nitrogens is 2. The SMILES string of the molecule is CC(C)(C)N1CC[C@H](CNc2cnccn2)C(F)(F)C1. The molecule has 0 radical (unpaired) electrons. The number of hydrogen-bond acceptors (Lipinski definition) is 4. The molecule has 2 rings (SSSR count). The summed E-state index contributed by atoms with van der Waals surface area (Å²) in [5, 5.41) is 2.95. The van der Waals surface area contributed by atoms with E-state index in [1.807, 2.05) is 25.7 Å². The fraction of sp³-hybridized carbons (Fsp3) is 0.714. The summed E-state index contributed by atoms with van der Waals surface area (Å²) in [4.78, 5) is 9.80. The number of likely N-dealkylation sites (tertiary alicyclic amines) is 1. The quantitative estimate of drug-likeness (QED) is 0.926. The lowest BCUT2D eigenvalue weighted by Crippen LogP contribution is -2.56. The molecular formula is C14H22F2N4. The van der Waals surface area contributed by atoms with Gasteiger partial charge in [0.2, 0.25) is 0 Å². The van der Waals surface area contributed by atoms with Gasteiger partial charge in [-0.3, -0.25) is 9.88 Å². The Balaban J connectivity index is 1.94. The Kier molecular flexibility index (Phi) is 4.22. The lowest BCUT2D eigenvalue weighted by molar-refractivity contribution is -0.124. The van der Waals surface area contributed by atoms with Crippen LogP contribution in [0.5, 0.6) is 0 Å². The Morgan fingerprint density at radius 2 is 2.15 bits per heavy atom. The zero-order chi connectivity index (χ0) is 14.8. The summed E-state index contributed by atoms with van der Waals surface area (Å²) in [6, 6.07) is 0. The zero-order valence-corrected chi connectivity index (χ0v) is 12.2. The summed E-state index contributed by atoms with van der Waals surface area (Å²) in [6.45, 7) is 6.67. The van der Waals surface area contributed by atoms with Crippen LogP contribution in [0.4, 0.5) is 14.6 Å². The molecule has 2 heterocycles. The van der Waals surface area contributed by atoms with Crippen LogP contribution in [-0.2, 0) is 0 Å². The number of rotatable bonds is 3. The fourth-order valence-electron chi connectivity index (χ4n) is 2.43. The molecule has 0 spiro atoms. The van der Waals surface area contributed by atoms with E-state index in [0.717, 1.165) is 0 Å². The second-order valence-corrected chi connectivity index (χ2v) is 6.31. The van der Waals surface area contributed by atoms with Crippen LogP contribution in [0.25, 0.3) is 0 Å². The van der Waals surface area contributed by atoms with E-state index in [9.17, 15) is 8.78 Å². The molecule has 0 bridgehead atoms. The summed E-state index contributed by atoms with van der Waals surface area (Å²) >= 11 is 0. The van der Waals surface area contributed by atoms with Crippen molar-refractivity contribution in [1.82, 2.24) is 14.9 Å². The first-order valence-electron chi connectivity index (χ1n) is 6.92. The lowest BCUT2D eigenvalue weighted by Gasteiger charge is -2.44. The summed E-state index contributed by atoms with van der Waals surface area (Å²) in [5.74, 6) is -2.80. The Hall–Kier alpha value is -1.30. The molecule has 1 aliphatic rings. The number of nitrogens with zero attached hydrogens (tertiary/aromatic N) is 3. The molecule has 1 N–H and O–H groups in total. The molecule has 20 heavy (non-hydrogen) atoms. The first kappa shape index (κ1) is 15.1. The van der Waals surface area contributed by atoms with Crippen molar-refractivity contribution in [3.63, 3.8) is 0 Å². The molecule has 6 heteroatoms. The number of alkyl halides is 2. The minimum atomic E-state index is -2.68. The first-order valence-corrected chi connectivity index (χ1v) is 6.92. The minimum Gasteiger partial charge on any atom is -0.368 e. The largest absolute Gasteiger partial charge is 0.368 e. The molecular weight excluding hydrogens is 262 g/mol. The van der Waals surface area contributed by atoms with E-state index in [0.29, 0.717) is 18.8 Å². The highest BCUT2D eigenvalue weighted by Crippen LogP contribution is 2.35. The third kappa shape index (κ3) is 3.62. The van der Waals surface area contributed by atoms with Crippen LogP contribution in [0.1, 0.15) is 27.2 Å². The van der Waals surface area contributed by atoms with E-state index in [1.165, 1.54) is 0 Å². The molecule has 0 saturated carbocycles. The van der Waals surface area contributed by atoms with Crippen molar-refractivity contribution in [3.8, 4) is 0 Å². The van der Waals surface area contributed by atoms with E-state index in [1.54, 1.807) is 18.6 Å². The van der Waals surface area contributed by atoms with E-state index in [-0.39, 0.29) is 18.6 Å². The third-order valence-corrected chi connectivity index (χ3v) is 3.79. The highest BCUT2D eigenvalue weighted by atomic mass is 19.3. The third-order valence-electron chi connectivity index (χ3n) is 3.79. The number of halogens is 2. The zero-order valence-electron chi connectivity index (χ0n) is 12.2. The average Bonchev–Trinajstić information content (AvgIpc) is 2.36. The van der Waals surface area contributed by atoms with Gasteiger partial charge in [-0.05, 0) is 33.7 Å². The Bertz CT molecular complexity index is 431. The maximum absolute atomic E-state index is 14.2. The predicted octanol–water partition coefficient (Wildman–Crippen LogP) is 2.64. The van der Waals surface area contributed by atoms with Gasteiger partial charge in [0.1, 0.15) is 5.82 Å². The Morgan fingerprint density at radius 3 is 2.70 bits per heavy atom. The molecule has 0 amide bonds. The minimum absolute atomic E-state index is 0.177. The summed E-state index contributed by atoms with van der Waals surface area (Å²) in [5.41, 5.74) is -0.216. The van der Waals surface area contributed by atoms with Crippen LogP contribution in [0.2, 0.25) is 0 Å². The molecule has 4 nitrogen and oxygen atoms in total. The number of hydrogen-bond donors (Lipinski definition) is 1. The first-order chi connectivity index (χ1) is 9.29. The smallest absolute Gasteiger partial charge is 0.265 e. The highest BCUT2D eigenvalue weighted by Gasteiger charge is 2.46. The van der Waals surface area contributed by atoms with Gasteiger partial charge >= 0.3 is 0 Å². The van der Waals surface area contributed by atoms with Crippen LogP contribution in [0.3, 0.4) is 0 Å². The van der Waals surface area contributed by atoms with E-state index in [4.69, 9.17) is 0 Å². The van der Waals surface area contributed by atoms with Gasteiger partial charge in [-0.15, -0.1) is 0 Å². The topological polar surface area (TPSA) is 41.0 Å². The van der Waals surface area contributed by atoms with E-state index < -0.39 is 11.8 Å². The molecule has 112 valence electrons. The molecule has 1 aliphatic heterocycles. The average molecular weight is 284 g/mol. The van der Waals surface area contributed by atoms with Gasteiger partial charge in [-0.1, -0.05) is 0 Å². The molecule has 0 unspecified atom stereocenters. The standard InChI is InChI=1S/C14H22F2N4/c1-13(2,3)20-7-4-11(14(15,16)10-20)8-19-12-9-17-5-6-18-12/h5-6,9,11H,4,7-8,10H2,1-3H3,(H,18,19)/t11-/m1/s1. The van der Waals surface area contributed by atoms with Gasteiger partial charge in [0, 0.05) is 30.4 Å².